The molecule has 2 nitrogen and oxygen atoms in total. The average Bonchev–Trinajstić information content (AvgIpc) is 3.08. The van der Waals surface area contributed by atoms with E-state index >= 15 is 0 Å². The SMILES string of the molecule is CC(=O)c1sc(-c2ccc(-c3cccs3)s2)nc1C. The molecule has 0 amide bonds. The highest BCUT2D eigenvalue weighted by Crippen LogP contribution is 2.38. The fourth-order valence-electron chi connectivity index (χ4n) is 1.83. The highest BCUT2D eigenvalue weighted by Gasteiger charge is 2.14. The second-order valence-electron chi connectivity index (χ2n) is 4.13. The fraction of sp³-hybridized carbons (Fsp3) is 0.143. The maximum Gasteiger partial charge on any atom is 0.171 e. The Morgan fingerprint density at radius 2 is 1.89 bits per heavy atom. The van der Waals surface area contributed by atoms with Crippen LogP contribution in [0.5, 0.6) is 0 Å². The number of Topliss-reactive ketones (excluding diaryl/α,β-unsaturated/α-hetero) is 1. The van der Waals surface area contributed by atoms with Crippen molar-refractivity contribution < 1.29 is 4.79 Å². The van der Waals surface area contributed by atoms with Crippen LogP contribution < -0.4 is 0 Å². The number of carbonyl (C=O) groups is 1. The van der Waals surface area contributed by atoms with Crippen molar-refractivity contribution in [2.45, 2.75) is 13.8 Å². The number of hydrogen-bond donors (Lipinski definition) is 0. The van der Waals surface area contributed by atoms with E-state index in [4.69, 9.17) is 0 Å². The van der Waals surface area contributed by atoms with E-state index in [2.05, 4.69) is 34.6 Å². The van der Waals surface area contributed by atoms with E-state index in [1.54, 1.807) is 29.6 Å². The van der Waals surface area contributed by atoms with Crippen molar-refractivity contribution in [3.63, 3.8) is 0 Å². The molecular formula is C14H11NOS3. The predicted octanol–water partition coefficient (Wildman–Crippen LogP) is 5.11. The molecule has 0 saturated carbocycles. The van der Waals surface area contributed by atoms with Gasteiger partial charge in [0.25, 0.3) is 0 Å². The summed E-state index contributed by atoms with van der Waals surface area (Å²) in [4.78, 5) is 20.4. The highest BCUT2D eigenvalue weighted by molar-refractivity contribution is 7.26. The smallest absolute Gasteiger partial charge is 0.171 e. The lowest BCUT2D eigenvalue weighted by Gasteiger charge is -1.89. The molecule has 0 saturated heterocycles. The van der Waals surface area contributed by atoms with Crippen molar-refractivity contribution in [3.8, 4) is 19.6 Å². The van der Waals surface area contributed by atoms with Crippen molar-refractivity contribution >= 4 is 39.8 Å². The number of nitrogens with zero attached hydrogens (tertiary/aromatic N) is 1. The van der Waals surface area contributed by atoms with Gasteiger partial charge < -0.3 is 0 Å². The summed E-state index contributed by atoms with van der Waals surface area (Å²) >= 11 is 4.95. The van der Waals surface area contributed by atoms with E-state index < -0.39 is 0 Å². The van der Waals surface area contributed by atoms with Crippen molar-refractivity contribution in [3.05, 3.63) is 40.2 Å². The molecule has 0 bridgehead atoms. The molecule has 0 atom stereocenters. The summed E-state index contributed by atoms with van der Waals surface area (Å²) in [6.45, 7) is 3.49. The van der Waals surface area contributed by atoms with E-state index in [0.29, 0.717) is 0 Å². The molecule has 3 heterocycles. The Balaban J connectivity index is 1.99. The summed E-state index contributed by atoms with van der Waals surface area (Å²) < 4.78 is 0. The Kier molecular flexibility index (Phi) is 3.35. The maximum absolute atomic E-state index is 11.5. The first kappa shape index (κ1) is 12.7. The number of hydrogen-bond acceptors (Lipinski definition) is 5. The standard InChI is InChI=1S/C14H11NOS3/c1-8-13(9(2)16)19-14(15-8)12-6-5-11(18-12)10-4-3-7-17-10/h3-7H,1-2H3. The first-order valence-electron chi connectivity index (χ1n) is 5.77. The number of rotatable bonds is 3. The third-order valence-electron chi connectivity index (χ3n) is 2.70. The zero-order valence-electron chi connectivity index (χ0n) is 10.5. The molecule has 0 fully saturated rings. The van der Waals surface area contributed by atoms with Crippen LogP contribution in [0.15, 0.2) is 29.6 Å². The summed E-state index contributed by atoms with van der Waals surface area (Å²) in [5, 5.41) is 3.02. The largest absolute Gasteiger partial charge is 0.294 e. The molecule has 96 valence electrons. The number of aromatic nitrogens is 1. The predicted molar refractivity (Wildman–Crippen MR) is 83.5 cm³/mol. The van der Waals surface area contributed by atoms with Crippen LogP contribution >= 0.6 is 34.0 Å². The molecule has 19 heavy (non-hydrogen) atoms. The van der Waals surface area contributed by atoms with E-state index in [1.807, 2.05) is 6.92 Å². The average molecular weight is 305 g/mol. The molecular weight excluding hydrogens is 294 g/mol. The van der Waals surface area contributed by atoms with Crippen LogP contribution in [0.2, 0.25) is 0 Å². The highest BCUT2D eigenvalue weighted by atomic mass is 32.1. The van der Waals surface area contributed by atoms with Crippen molar-refractivity contribution in [2.75, 3.05) is 0 Å². The minimum atomic E-state index is 0.0938. The summed E-state index contributed by atoms with van der Waals surface area (Å²) in [6, 6.07) is 8.38. The van der Waals surface area contributed by atoms with Gasteiger partial charge in [0.05, 0.1) is 15.4 Å². The molecule has 0 spiro atoms. The lowest BCUT2D eigenvalue weighted by molar-refractivity contribution is 0.102. The summed E-state index contributed by atoms with van der Waals surface area (Å²) in [5.41, 5.74) is 0.832. The third kappa shape index (κ3) is 2.41. The normalized spacial score (nSPS) is 10.8. The van der Waals surface area contributed by atoms with Crippen LogP contribution in [-0.4, -0.2) is 10.8 Å². The van der Waals surface area contributed by atoms with Gasteiger partial charge in [-0.05, 0) is 30.5 Å². The van der Waals surface area contributed by atoms with Crippen molar-refractivity contribution in [2.24, 2.45) is 0 Å². The molecule has 0 N–H and O–H groups in total. The lowest BCUT2D eigenvalue weighted by Crippen LogP contribution is -1.89. The first-order chi connectivity index (χ1) is 9.15. The molecule has 0 aliphatic carbocycles. The van der Waals surface area contributed by atoms with Crippen LogP contribution in [0.3, 0.4) is 0 Å². The van der Waals surface area contributed by atoms with Gasteiger partial charge in [-0.2, -0.15) is 0 Å². The molecule has 0 aromatic carbocycles. The zero-order valence-corrected chi connectivity index (χ0v) is 12.9. The molecule has 0 aliphatic heterocycles. The Labute approximate surface area is 123 Å². The van der Waals surface area contributed by atoms with E-state index in [1.165, 1.54) is 21.1 Å². The van der Waals surface area contributed by atoms with Gasteiger partial charge in [0.1, 0.15) is 5.01 Å². The topological polar surface area (TPSA) is 30.0 Å². The Bertz CT molecular complexity index is 722. The molecule has 3 aromatic heterocycles. The monoisotopic (exact) mass is 305 g/mol. The Morgan fingerprint density at radius 3 is 2.53 bits per heavy atom. The molecule has 3 rings (SSSR count). The van der Waals surface area contributed by atoms with E-state index in [-0.39, 0.29) is 5.78 Å². The number of carbonyl (C=O) groups excluding carboxylic acids is 1. The minimum absolute atomic E-state index is 0.0938. The molecule has 5 heteroatoms. The van der Waals surface area contributed by atoms with Gasteiger partial charge in [-0.25, -0.2) is 4.98 Å². The molecule has 0 radical (unpaired) electrons. The molecule has 3 aromatic rings. The number of thiophene rings is 2. The van der Waals surface area contributed by atoms with Gasteiger partial charge in [-0.15, -0.1) is 34.0 Å². The van der Waals surface area contributed by atoms with E-state index in [0.717, 1.165) is 20.5 Å². The van der Waals surface area contributed by atoms with Crippen molar-refractivity contribution in [1.82, 2.24) is 4.98 Å². The Morgan fingerprint density at radius 1 is 1.11 bits per heavy atom. The number of thiazole rings is 1. The quantitative estimate of drug-likeness (QED) is 0.629. The van der Waals surface area contributed by atoms with Gasteiger partial charge in [0, 0.05) is 16.7 Å². The second kappa shape index (κ2) is 5.00. The summed E-state index contributed by atoms with van der Waals surface area (Å²) in [7, 11) is 0. The summed E-state index contributed by atoms with van der Waals surface area (Å²) in [6.07, 6.45) is 0. The minimum Gasteiger partial charge on any atom is -0.294 e. The Hall–Kier alpha value is -1.30. The first-order valence-corrected chi connectivity index (χ1v) is 8.29. The molecule has 0 aliphatic rings. The summed E-state index contributed by atoms with van der Waals surface area (Å²) in [5.74, 6) is 0.0938. The van der Waals surface area contributed by atoms with Gasteiger partial charge in [0.15, 0.2) is 5.78 Å². The van der Waals surface area contributed by atoms with Crippen molar-refractivity contribution in [1.29, 1.82) is 0 Å². The van der Waals surface area contributed by atoms with Gasteiger partial charge in [0.2, 0.25) is 0 Å². The van der Waals surface area contributed by atoms with Crippen LogP contribution in [0.1, 0.15) is 22.3 Å². The van der Waals surface area contributed by atoms with Crippen LogP contribution in [0, 0.1) is 6.92 Å². The number of aryl methyl sites for hydroxylation is 1. The van der Waals surface area contributed by atoms with Crippen LogP contribution in [0.25, 0.3) is 19.6 Å². The fourth-order valence-corrected chi connectivity index (χ4v) is 4.69. The van der Waals surface area contributed by atoms with Crippen LogP contribution in [-0.2, 0) is 0 Å². The lowest BCUT2D eigenvalue weighted by atomic mass is 10.3. The van der Waals surface area contributed by atoms with Gasteiger partial charge in [-0.1, -0.05) is 6.07 Å². The number of ketones is 1. The van der Waals surface area contributed by atoms with Gasteiger partial charge >= 0.3 is 0 Å². The van der Waals surface area contributed by atoms with E-state index in [9.17, 15) is 4.79 Å². The third-order valence-corrected chi connectivity index (χ3v) is 6.28. The maximum atomic E-state index is 11.5. The van der Waals surface area contributed by atoms with Crippen LogP contribution in [0.4, 0.5) is 0 Å². The second-order valence-corrected chi connectivity index (χ2v) is 7.16. The zero-order chi connectivity index (χ0) is 13.4. The molecule has 0 unspecified atom stereocenters. The van der Waals surface area contributed by atoms with Gasteiger partial charge in [-0.3, -0.25) is 4.79 Å².